The third-order valence-electron chi connectivity index (χ3n) is 6.43. The number of hydrogen-bond acceptors (Lipinski definition) is 4. The average molecular weight is 429 g/mol. The predicted molar refractivity (Wildman–Crippen MR) is 127 cm³/mol. The molecule has 1 aromatic rings. The van der Waals surface area contributed by atoms with E-state index in [1.807, 2.05) is 4.90 Å². The van der Waals surface area contributed by atoms with Crippen molar-refractivity contribution in [2.75, 3.05) is 52.4 Å². The number of rotatable bonds is 7. The normalized spacial score (nSPS) is 23.6. The SMILES string of the molecule is CCNC(=NCCN1CCN(C(C)=O)CC1)NC1CCN(Cc2ccccc2)C(C)C1. The third kappa shape index (κ3) is 7.51. The van der Waals surface area contributed by atoms with Crippen molar-refractivity contribution in [1.82, 2.24) is 25.3 Å². The average Bonchev–Trinajstić information content (AvgIpc) is 2.77. The van der Waals surface area contributed by atoms with E-state index in [2.05, 4.69) is 64.6 Å². The summed E-state index contributed by atoms with van der Waals surface area (Å²) in [5.74, 6) is 1.11. The van der Waals surface area contributed by atoms with E-state index in [9.17, 15) is 4.79 Å². The number of carbonyl (C=O) groups is 1. The van der Waals surface area contributed by atoms with Gasteiger partial charge in [-0.2, -0.15) is 0 Å². The van der Waals surface area contributed by atoms with Gasteiger partial charge in [0.2, 0.25) is 5.91 Å². The van der Waals surface area contributed by atoms with Gasteiger partial charge in [-0.1, -0.05) is 30.3 Å². The van der Waals surface area contributed by atoms with Crippen LogP contribution in [0, 0.1) is 0 Å². The van der Waals surface area contributed by atoms with E-state index >= 15 is 0 Å². The molecule has 0 radical (unpaired) electrons. The molecule has 0 saturated carbocycles. The maximum atomic E-state index is 11.5. The van der Waals surface area contributed by atoms with Gasteiger partial charge >= 0.3 is 0 Å². The first-order valence-corrected chi connectivity index (χ1v) is 11.9. The van der Waals surface area contributed by atoms with Gasteiger partial charge in [-0.15, -0.1) is 0 Å². The minimum absolute atomic E-state index is 0.181. The number of aliphatic imine (C=N–C) groups is 1. The van der Waals surface area contributed by atoms with E-state index in [0.717, 1.165) is 77.7 Å². The molecule has 2 unspecified atom stereocenters. The number of amides is 1. The van der Waals surface area contributed by atoms with Gasteiger partial charge in [-0.05, 0) is 32.3 Å². The highest BCUT2D eigenvalue weighted by Crippen LogP contribution is 2.20. The predicted octanol–water partition coefficient (Wildman–Crippen LogP) is 1.76. The number of hydrogen-bond donors (Lipinski definition) is 2. The van der Waals surface area contributed by atoms with Gasteiger partial charge in [0.05, 0.1) is 6.54 Å². The first-order valence-electron chi connectivity index (χ1n) is 11.9. The molecule has 2 aliphatic rings. The van der Waals surface area contributed by atoms with E-state index < -0.39 is 0 Å². The number of likely N-dealkylation sites (tertiary alicyclic amines) is 1. The molecule has 0 aromatic heterocycles. The summed E-state index contributed by atoms with van der Waals surface area (Å²) in [5.41, 5.74) is 1.39. The van der Waals surface area contributed by atoms with Crippen LogP contribution in [0.4, 0.5) is 0 Å². The van der Waals surface area contributed by atoms with Crippen LogP contribution in [0.5, 0.6) is 0 Å². The molecule has 7 heteroatoms. The van der Waals surface area contributed by atoms with Gasteiger partial charge in [0.1, 0.15) is 0 Å². The summed E-state index contributed by atoms with van der Waals surface area (Å²) in [6, 6.07) is 11.8. The Morgan fingerprint density at radius 3 is 2.52 bits per heavy atom. The van der Waals surface area contributed by atoms with Crippen LogP contribution in [0.2, 0.25) is 0 Å². The second kappa shape index (κ2) is 12.1. The number of piperazine rings is 1. The molecule has 3 rings (SSSR count). The van der Waals surface area contributed by atoms with Crippen LogP contribution in [-0.4, -0.2) is 91.0 Å². The molecule has 2 aliphatic heterocycles. The Kier molecular flexibility index (Phi) is 9.15. The Labute approximate surface area is 187 Å². The van der Waals surface area contributed by atoms with E-state index in [-0.39, 0.29) is 5.91 Å². The maximum Gasteiger partial charge on any atom is 0.219 e. The van der Waals surface area contributed by atoms with Gasteiger partial charge in [0.15, 0.2) is 5.96 Å². The highest BCUT2D eigenvalue weighted by atomic mass is 16.2. The number of guanidine groups is 1. The lowest BCUT2D eigenvalue weighted by Gasteiger charge is -2.38. The van der Waals surface area contributed by atoms with Gasteiger partial charge in [-0.3, -0.25) is 19.6 Å². The van der Waals surface area contributed by atoms with Crippen molar-refractivity contribution in [1.29, 1.82) is 0 Å². The van der Waals surface area contributed by atoms with Crippen molar-refractivity contribution in [3.05, 3.63) is 35.9 Å². The number of nitrogens with one attached hydrogen (secondary N) is 2. The van der Waals surface area contributed by atoms with Gasteiger partial charge in [0, 0.05) is 71.4 Å². The molecule has 2 fully saturated rings. The molecule has 1 aromatic carbocycles. The van der Waals surface area contributed by atoms with Crippen molar-refractivity contribution in [2.24, 2.45) is 4.99 Å². The summed E-state index contributed by atoms with van der Waals surface area (Å²) in [7, 11) is 0. The highest BCUT2D eigenvalue weighted by Gasteiger charge is 2.26. The number of piperidine rings is 1. The monoisotopic (exact) mass is 428 g/mol. The van der Waals surface area contributed by atoms with Crippen LogP contribution < -0.4 is 10.6 Å². The molecule has 2 atom stereocenters. The van der Waals surface area contributed by atoms with E-state index in [4.69, 9.17) is 4.99 Å². The largest absolute Gasteiger partial charge is 0.357 e. The second-order valence-electron chi connectivity index (χ2n) is 8.78. The zero-order valence-electron chi connectivity index (χ0n) is 19.5. The smallest absolute Gasteiger partial charge is 0.219 e. The molecule has 2 N–H and O–H groups in total. The summed E-state index contributed by atoms with van der Waals surface area (Å²) in [4.78, 5) is 23.2. The fraction of sp³-hybridized carbons (Fsp3) is 0.667. The van der Waals surface area contributed by atoms with Crippen molar-refractivity contribution in [3.8, 4) is 0 Å². The Bertz CT molecular complexity index is 701. The molecule has 31 heavy (non-hydrogen) atoms. The summed E-state index contributed by atoms with van der Waals surface area (Å²) in [5, 5.41) is 7.08. The van der Waals surface area contributed by atoms with Crippen LogP contribution in [0.25, 0.3) is 0 Å². The lowest BCUT2D eigenvalue weighted by atomic mass is 9.97. The molecular formula is C24H40N6O. The molecule has 7 nitrogen and oxygen atoms in total. The van der Waals surface area contributed by atoms with Crippen LogP contribution in [-0.2, 0) is 11.3 Å². The quantitative estimate of drug-likeness (QED) is 0.512. The minimum Gasteiger partial charge on any atom is -0.357 e. The summed E-state index contributed by atoms with van der Waals surface area (Å²) >= 11 is 0. The van der Waals surface area contributed by atoms with Crippen molar-refractivity contribution in [2.45, 2.75) is 52.2 Å². The maximum absolute atomic E-state index is 11.5. The lowest BCUT2D eigenvalue weighted by Crippen LogP contribution is -2.51. The molecule has 172 valence electrons. The summed E-state index contributed by atoms with van der Waals surface area (Å²) < 4.78 is 0. The van der Waals surface area contributed by atoms with Gasteiger partial charge < -0.3 is 15.5 Å². The van der Waals surface area contributed by atoms with E-state index in [1.165, 1.54) is 5.56 Å². The van der Waals surface area contributed by atoms with E-state index in [1.54, 1.807) is 6.92 Å². The molecule has 2 saturated heterocycles. The molecular weight excluding hydrogens is 388 g/mol. The lowest BCUT2D eigenvalue weighted by molar-refractivity contribution is -0.130. The number of carbonyl (C=O) groups excluding carboxylic acids is 1. The Hall–Kier alpha value is -2.12. The molecule has 0 bridgehead atoms. The first-order chi connectivity index (χ1) is 15.0. The first kappa shape index (κ1) is 23.5. The van der Waals surface area contributed by atoms with Crippen molar-refractivity contribution >= 4 is 11.9 Å². The molecule has 0 aliphatic carbocycles. The standard InChI is InChI=1S/C24H40N6O/c1-4-25-24(26-11-13-28-14-16-29(17-15-28)21(3)31)27-23-10-12-30(20(2)18-23)19-22-8-6-5-7-9-22/h5-9,20,23H,4,10-19H2,1-3H3,(H2,25,26,27). The fourth-order valence-corrected chi connectivity index (χ4v) is 4.51. The zero-order chi connectivity index (χ0) is 22.1. The topological polar surface area (TPSA) is 63.2 Å². The van der Waals surface area contributed by atoms with Gasteiger partial charge in [-0.25, -0.2) is 0 Å². The van der Waals surface area contributed by atoms with Crippen LogP contribution in [0.1, 0.15) is 39.2 Å². The second-order valence-corrected chi connectivity index (χ2v) is 8.78. The van der Waals surface area contributed by atoms with E-state index in [0.29, 0.717) is 12.1 Å². The molecule has 0 spiro atoms. The number of benzene rings is 1. The molecule has 1 amide bonds. The van der Waals surface area contributed by atoms with Crippen molar-refractivity contribution in [3.63, 3.8) is 0 Å². The fourth-order valence-electron chi connectivity index (χ4n) is 4.51. The van der Waals surface area contributed by atoms with Crippen LogP contribution in [0.3, 0.4) is 0 Å². The Morgan fingerprint density at radius 2 is 1.87 bits per heavy atom. The Morgan fingerprint density at radius 1 is 1.13 bits per heavy atom. The highest BCUT2D eigenvalue weighted by molar-refractivity contribution is 5.80. The third-order valence-corrected chi connectivity index (χ3v) is 6.43. The summed E-state index contributed by atoms with van der Waals surface area (Å²) in [6.07, 6.45) is 2.26. The van der Waals surface area contributed by atoms with Gasteiger partial charge in [0.25, 0.3) is 0 Å². The van der Waals surface area contributed by atoms with Crippen LogP contribution in [0.15, 0.2) is 35.3 Å². The Balaban J connectivity index is 1.43. The van der Waals surface area contributed by atoms with Crippen LogP contribution >= 0.6 is 0 Å². The zero-order valence-corrected chi connectivity index (χ0v) is 19.5. The number of nitrogens with zero attached hydrogens (tertiary/aromatic N) is 4. The molecule has 2 heterocycles. The summed E-state index contributed by atoms with van der Waals surface area (Å²) in [6.45, 7) is 14.4. The minimum atomic E-state index is 0.181. The van der Waals surface area contributed by atoms with Crippen molar-refractivity contribution < 1.29 is 4.79 Å².